The molecule has 9 nitrogen and oxygen atoms in total. The van der Waals surface area contributed by atoms with Gasteiger partial charge in [-0.15, -0.1) is 0 Å². The number of fused-ring (bicyclic) bond motifs is 2. The van der Waals surface area contributed by atoms with Crippen molar-refractivity contribution in [3.05, 3.63) is 71.4 Å². The standard InChI is InChI=1S/C28H24F2N4O5S/c1-38-23-7-6-21(34-26(23)15-2-3-15)20-5-4-16-13-31-18(12-22(16)33-20)14-32-28(35)17-10-19(29)27-24(11-17)40(36,37)25(30)8-9-39-27/h4-7,10-13,15,25H,2-3,8-9,14H2,1H3,(H,32,35)/t25-/m1/s1/i1D3. The maximum atomic E-state index is 14.7. The van der Waals surface area contributed by atoms with E-state index in [1.807, 2.05) is 0 Å². The summed E-state index contributed by atoms with van der Waals surface area (Å²) in [5.41, 5.74) is 0.00314. The number of halogens is 2. The van der Waals surface area contributed by atoms with Crippen molar-refractivity contribution in [1.82, 2.24) is 20.3 Å². The number of hydrogen-bond acceptors (Lipinski definition) is 8. The van der Waals surface area contributed by atoms with Crippen LogP contribution >= 0.6 is 0 Å². The Hall–Kier alpha value is -4.19. The van der Waals surface area contributed by atoms with Gasteiger partial charge in [-0.1, -0.05) is 0 Å². The molecule has 0 bridgehead atoms. The number of nitrogens with one attached hydrogen (secondary N) is 1. The summed E-state index contributed by atoms with van der Waals surface area (Å²) in [5, 5.41) is 3.28. The molecule has 0 saturated heterocycles. The van der Waals surface area contributed by atoms with Gasteiger partial charge < -0.3 is 14.8 Å². The molecule has 2 aliphatic rings. The summed E-state index contributed by atoms with van der Waals surface area (Å²) in [6, 6.07) is 10.2. The van der Waals surface area contributed by atoms with E-state index in [1.54, 1.807) is 36.5 Å². The van der Waals surface area contributed by atoms with Crippen molar-refractivity contribution in [1.29, 1.82) is 0 Å². The third-order valence-corrected chi connectivity index (χ3v) is 8.61. The van der Waals surface area contributed by atoms with E-state index in [9.17, 15) is 22.0 Å². The van der Waals surface area contributed by atoms with Gasteiger partial charge in [0, 0.05) is 29.5 Å². The van der Waals surface area contributed by atoms with Crippen molar-refractivity contribution in [3.63, 3.8) is 0 Å². The number of aromatic nitrogens is 3. The molecule has 4 aromatic rings. The lowest BCUT2D eigenvalue weighted by molar-refractivity contribution is 0.0949. The summed E-state index contributed by atoms with van der Waals surface area (Å²) in [5.74, 6) is -2.14. The molecule has 1 aliphatic heterocycles. The number of amides is 1. The zero-order valence-corrected chi connectivity index (χ0v) is 21.7. The number of carbonyl (C=O) groups excluding carboxylic acids is 1. The van der Waals surface area contributed by atoms with Gasteiger partial charge in [-0.2, -0.15) is 0 Å². The normalized spacial score (nSPS) is 19.4. The number of pyridine rings is 3. The van der Waals surface area contributed by atoms with E-state index in [4.69, 9.17) is 13.6 Å². The molecule has 0 radical (unpaired) electrons. The molecule has 1 aliphatic carbocycles. The molecule has 206 valence electrons. The van der Waals surface area contributed by atoms with Crippen LogP contribution in [0.1, 0.15) is 51.0 Å². The zero-order chi connectivity index (χ0) is 30.5. The summed E-state index contributed by atoms with van der Waals surface area (Å²) in [7, 11) is -7.13. The summed E-state index contributed by atoms with van der Waals surface area (Å²) in [6.45, 7) is -0.416. The minimum Gasteiger partial charge on any atom is -0.495 e. The summed E-state index contributed by atoms with van der Waals surface area (Å²) >= 11 is 0. The Balaban J connectivity index is 1.23. The molecule has 40 heavy (non-hydrogen) atoms. The Morgan fingerprint density at radius 1 is 1.15 bits per heavy atom. The Labute approximate surface area is 232 Å². The van der Waals surface area contributed by atoms with Gasteiger partial charge in [-0.3, -0.25) is 9.78 Å². The fourth-order valence-corrected chi connectivity index (χ4v) is 5.90. The van der Waals surface area contributed by atoms with Gasteiger partial charge in [0.1, 0.15) is 10.6 Å². The number of methoxy groups -OCH3 is 1. The van der Waals surface area contributed by atoms with Crippen LogP contribution in [0, 0.1) is 5.82 Å². The lowest BCUT2D eigenvalue weighted by atomic mass is 10.1. The van der Waals surface area contributed by atoms with Crippen LogP contribution in [0.15, 0.2) is 53.6 Å². The molecule has 1 atom stereocenters. The second-order valence-electron chi connectivity index (χ2n) is 9.58. The topological polar surface area (TPSA) is 120 Å². The van der Waals surface area contributed by atoms with Crippen LogP contribution in [0.5, 0.6) is 11.5 Å². The van der Waals surface area contributed by atoms with E-state index in [0.717, 1.165) is 25.0 Å². The second kappa shape index (κ2) is 10.1. The number of sulfone groups is 1. The van der Waals surface area contributed by atoms with Gasteiger partial charge in [0.15, 0.2) is 11.6 Å². The van der Waals surface area contributed by atoms with Crippen molar-refractivity contribution in [3.8, 4) is 22.9 Å². The van der Waals surface area contributed by atoms with Gasteiger partial charge in [0.05, 0.1) is 52.6 Å². The Morgan fingerprint density at radius 3 is 2.75 bits per heavy atom. The highest BCUT2D eigenvalue weighted by Crippen LogP contribution is 2.43. The number of alkyl halides is 1. The van der Waals surface area contributed by atoms with Crippen LogP contribution in [0.4, 0.5) is 8.78 Å². The van der Waals surface area contributed by atoms with Crippen LogP contribution in [0.2, 0.25) is 0 Å². The highest BCUT2D eigenvalue weighted by atomic mass is 32.2. The molecule has 1 saturated carbocycles. The predicted octanol–water partition coefficient (Wildman–Crippen LogP) is 4.50. The van der Waals surface area contributed by atoms with Crippen molar-refractivity contribution < 1.29 is 35.6 Å². The molecule has 1 aromatic carbocycles. The number of benzene rings is 1. The lowest BCUT2D eigenvalue weighted by Gasteiger charge is -2.12. The van der Waals surface area contributed by atoms with E-state index in [2.05, 4.69) is 20.3 Å². The lowest BCUT2D eigenvalue weighted by Crippen LogP contribution is -2.24. The number of rotatable bonds is 6. The molecule has 1 amide bonds. The monoisotopic (exact) mass is 569 g/mol. The van der Waals surface area contributed by atoms with Crippen LogP contribution in [0.3, 0.4) is 0 Å². The van der Waals surface area contributed by atoms with E-state index in [0.29, 0.717) is 33.7 Å². The molecule has 0 unspecified atom stereocenters. The predicted molar refractivity (Wildman–Crippen MR) is 141 cm³/mol. The fraction of sp³-hybridized carbons (Fsp3) is 0.286. The maximum absolute atomic E-state index is 14.7. The third-order valence-electron chi connectivity index (χ3n) is 6.79. The van der Waals surface area contributed by atoms with Gasteiger partial charge >= 0.3 is 0 Å². The first-order chi connectivity index (χ1) is 20.4. The van der Waals surface area contributed by atoms with Gasteiger partial charge in [0.25, 0.3) is 5.91 Å². The van der Waals surface area contributed by atoms with Crippen LogP contribution in [-0.2, 0) is 16.4 Å². The minimum atomic E-state index is -4.54. The number of ether oxygens (including phenoxy) is 2. The molecule has 1 N–H and O–H groups in total. The smallest absolute Gasteiger partial charge is 0.251 e. The zero-order valence-electron chi connectivity index (χ0n) is 23.9. The van der Waals surface area contributed by atoms with E-state index < -0.39 is 51.2 Å². The number of hydrogen-bond donors (Lipinski definition) is 1. The first-order valence-corrected chi connectivity index (χ1v) is 14.0. The van der Waals surface area contributed by atoms with E-state index in [1.165, 1.54) is 0 Å². The third kappa shape index (κ3) is 4.83. The summed E-state index contributed by atoms with van der Waals surface area (Å²) in [6.07, 6.45) is 2.89. The Bertz CT molecular complexity index is 1870. The molecule has 12 heteroatoms. The Kier molecular flexibility index (Phi) is 5.70. The average Bonchev–Trinajstić information content (AvgIpc) is 3.81. The second-order valence-corrected chi connectivity index (χ2v) is 11.6. The molecule has 4 heterocycles. The molecule has 1 fully saturated rings. The summed E-state index contributed by atoms with van der Waals surface area (Å²) < 4.78 is 86.4. The van der Waals surface area contributed by atoms with E-state index in [-0.39, 0.29) is 30.4 Å². The molecule has 3 aromatic heterocycles. The number of carbonyl (C=O) groups is 1. The van der Waals surface area contributed by atoms with Crippen molar-refractivity contribution >= 4 is 26.6 Å². The molecule has 6 rings (SSSR count). The molecule has 0 spiro atoms. The van der Waals surface area contributed by atoms with Crippen molar-refractivity contribution in [2.45, 2.75) is 42.1 Å². The quantitative estimate of drug-likeness (QED) is 0.361. The minimum absolute atomic E-state index is 0.0976. The fourth-order valence-electron chi connectivity index (χ4n) is 4.51. The van der Waals surface area contributed by atoms with Gasteiger partial charge in [0.2, 0.25) is 15.3 Å². The first kappa shape index (κ1) is 22.6. The van der Waals surface area contributed by atoms with Gasteiger partial charge in [-0.05, 0) is 55.3 Å². The first-order valence-electron chi connectivity index (χ1n) is 14.0. The SMILES string of the molecule is [2H]C([2H])([2H])Oc1ccc(-c2ccc3cnc(CNC(=O)c4cc(F)c5c(c4)S(=O)(=O)[C@@H](F)CCO5)cc3n2)nc1C1CC1. The largest absolute Gasteiger partial charge is 0.495 e. The van der Waals surface area contributed by atoms with Crippen molar-refractivity contribution in [2.24, 2.45) is 0 Å². The summed E-state index contributed by atoms with van der Waals surface area (Å²) in [4.78, 5) is 25.8. The maximum Gasteiger partial charge on any atom is 0.251 e. The van der Waals surface area contributed by atoms with Crippen molar-refractivity contribution in [2.75, 3.05) is 13.6 Å². The Morgan fingerprint density at radius 2 is 1.95 bits per heavy atom. The van der Waals surface area contributed by atoms with E-state index >= 15 is 0 Å². The van der Waals surface area contributed by atoms with Crippen LogP contribution < -0.4 is 14.8 Å². The average molecular weight is 570 g/mol. The van der Waals surface area contributed by atoms with Gasteiger partial charge in [-0.25, -0.2) is 27.2 Å². The number of nitrogens with zero attached hydrogens (tertiary/aromatic N) is 3. The highest BCUT2D eigenvalue weighted by Gasteiger charge is 2.35. The highest BCUT2D eigenvalue weighted by molar-refractivity contribution is 7.92. The van der Waals surface area contributed by atoms with Crippen LogP contribution in [0.25, 0.3) is 22.3 Å². The molecular weight excluding hydrogens is 542 g/mol. The van der Waals surface area contributed by atoms with Crippen LogP contribution in [-0.4, -0.2) is 48.4 Å². The molecular formula is C28H24F2N4O5S.